The Balaban J connectivity index is 1.15. The van der Waals surface area contributed by atoms with Crippen molar-refractivity contribution in [2.75, 3.05) is 0 Å². The molecule has 0 amide bonds. The van der Waals surface area contributed by atoms with Crippen LogP contribution in [0.3, 0.4) is 0 Å². The van der Waals surface area contributed by atoms with Crippen LogP contribution in [0.15, 0.2) is 199 Å². The Morgan fingerprint density at radius 2 is 0.929 bits per heavy atom. The molecular formula is C51H32N4O. The SMILES string of the molecule is c1ccc(-c2cc(-c3nc(-c4ccccc4)nc4oc5ccc(-c6ccc7c(c6)c6ccccc6n7-c6ccccc6)cc5c34)cc(-c3ccccc3)n2)cc1. The van der Waals surface area contributed by atoms with Gasteiger partial charge in [0.05, 0.1) is 33.5 Å². The molecule has 0 saturated heterocycles. The van der Waals surface area contributed by atoms with Crippen molar-refractivity contribution in [2.45, 2.75) is 0 Å². The minimum Gasteiger partial charge on any atom is -0.438 e. The van der Waals surface area contributed by atoms with Gasteiger partial charge >= 0.3 is 0 Å². The first-order valence-electron chi connectivity index (χ1n) is 18.8. The molecule has 0 aliphatic carbocycles. The number of hydrogen-bond donors (Lipinski definition) is 0. The van der Waals surface area contributed by atoms with Crippen LogP contribution in [0.5, 0.6) is 0 Å². The van der Waals surface area contributed by atoms with E-state index >= 15 is 0 Å². The molecule has 0 N–H and O–H groups in total. The van der Waals surface area contributed by atoms with Gasteiger partial charge in [0, 0.05) is 44.1 Å². The minimum absolute atomic E-state index is 0.543. The predicted octanol–water partition coefficient (Wildman–Crippen LogP) is 13.2. The van der Waals surface area contributed by atoms with Crippen LogP contribution in [0.2, 0.25) is 0 Å². The molecule has 56 heavy (non-hydrogen) atoms. The van der Waals surface area contributed by atoms with Crippen molar-refractivity contribution in [3.05, 3.63) is 194 Å². The van der Waals surface area contributed by atoms with E-state index in [1.54, 1.807) is 0 Å². The molecule has 0 aliphatic heterocycles. The number of para-hydroxylation sites is 2. The summed E-state index contributed by atoms with van der Waals surface area (Å²) >= 11 is 0. The quantitative estimate of drug-likeness (QED) is 0.172. The molecule has 11 aromatic rings. The molecule has 0 atom stereocenters. The van der Waals surface area contributed by atoms with Gasteiger partial charge in [-0.3, -0.25) is 0 Å². The van der Waals surface area contributed by atoms with E-state index in [4.69, 9.17) is 19.4 Å². The zero-order valence-corrected chi connectivity index (χ0v) is 30.2. The molecule has 0 fully saturated rings. The highest BCUT2D eigenvalue weighted by Crippen LogP contribution is 2.41. The molecule has 4 aromatic heterocycles. The number of pyridine rings is 1. The van der Waals surface area contributed by atoms with Gasteiger partial charge in [-0.1, -0.05) is 140 Å². The highest BCUT2D eigenvalue weighted by molar-refractivity contribution is 6.13. The Morgan fingerprint density at radius 1 is 0.375 bits per heavy atom. The van der Waals surface area contributed by atoms with Gasteiger partial charge in [0.2, 0.25) is 5.71 Å². The van der Waals surface area contributed by atoms with Crippen LogP contribution < -0.4 is 0 Å². The van der Waals surface area contributed by atoms with Crippen LogP contribution in [-0.2, 0) is 0 Å². The first kappa shape index (κ1) is 31.9. The second kappa shape index (κ2) is 13.0. The van der Waals surface area contributed by atoms with Crippen molar-refractivity contribution in [1.29, 1.82) is 0 Å². The van der Waals surface area contributed by atoms with Crippen molar-refractivity contribution in [1.82, 2.24) is 19.5 Å². The fourth-order valence-corrected chi connectivity index (χ4v) is 7.97. The standard InChI is InChI=1S/C51H32N4O/c1-5-15-33(16-6-1)43-31-38(32-44(52-43)34-17-7-2-8-18-34)49-48-42-30-37(26-28-47(42)56-51(48)54-50(53-49)35-19-9-3-10-20-35)36-25-27-46-41(29-36)40-23-13-14-24-45(40)55(46)39-21-11-4-12-22-39/h1-32H. The fraction of sp³-hybridized carbons (Fsp3) is 0. The van der Waals surface area contributed by atoms with Crippen molar-refractivity contribution < 1.29 is 4.42 Å². The average Bonchev–Trinajstić information content (AvgIpc) is 3.82. The molecule has 7 aromatic carbocycles. The normalized spacial score (nSPS) is 11.6. The molecule has 0 aliphatic rings. The highest BCUT2D eigenvalue weighted by atomic mass is 16.3. The maximum absolute atomic E-state index is 6.61. The monoisotopic (exact) mass is 716 g/mol. The van der Waals surface area contributed by atoms with E-state index in [2.05, 4.69) is 132 Å². The molecule has 0 spiro atoms. The molecule has 5 nitrogen and oxygen atoms in total. The molecule has 5 heteroatoms. The number of nitrogens with zero attached hydrogens (tertiary/aromatic N) is 4. The number of aromatic nitrogens is 4. The summed E-state index contributed by atoms with van der Waals surface area (Å²) in [5.74, 6) is 0.604. The van der Waals surface area contributed by atoms with Crippen LogP contribution in [0, 0.1) is 0 Å². The molecule has 0 bridgehead atoms. The molecule has 262 valence electrons. The Bertz CT molecular complexity index is 3170. The van der Waals surface area contributed by atoms with Crippen LogP contribution in [0.4, 0.5) is 0 Å². The fourth-order valence-electron chi connectivity index (χ4n) is 7.97. The van der Waals surface area contributed by atoms with E-state index in [1.807, 2.05) is 66.7 Å². The summed E-state index contributed by atoms with van der Waals surface area (Å²) in [4.78, 5) is 15.5. The van der Waals surface area contributed by atoms with Gasteiger partial charge in [-0.05, 0) is 65.7 Å². The number of hydrogen-bond acceptors (Lipinski definition) is 4. The largest absolute Gasteiger partial charge is 0.438 e. The van der Waals surface area contributed by atoms with Crippen LogP contribution in [0.25, 0.3) is 106 Å². The van der Waals surface area contributed by atoms with Gasteiger partial charge in [-0.25, -0.2) is 9.97 Å². The summed E-state index contributed by atoms with van der Waals surface area (Å²) in [6, 6.07) is 67.4. The lowest BCUT2D eigenvalue weighted by Gasteiger charge is -2.12. The van der Waals surface area contributed by atoms with E-state index in [9.17, 15) is 0 Å². The molecule has 0 unspecified atom stereocenters. The second-order valence-electron chi connectivity index (χ2n) is 14.0. The molecule has 4 heterocycles. The number of fused-ring (bicyclic) bond motifs is 6. The Morgan fingerprint density at radius 3 is 1.61 bits per heavy atom. The van der Waals surface area contributed by atoms with Crippen LogP contribution in [0.1, 0.15) is 0 Å². The lowest BCUT2D eigenvalue weighted by atomic mass is 9.98. The van der Waals surface area contributed by atoms with E-state index < -0.39 is 0 Å². The maximum Gasteiger partial charge on any atom is 0.231 e. The third kappa shape index (κ3) is 5.37. The zero-order chi connectivity index (χ0) is 37.0. The van der Waals surface area contributed by atoms with Gasteiger partial charge in [0.25, 0.3) is 0 Å². The van der Waals surface area contributed by atoms with Crippen molar-refractivity contribution >= 4 is 43.9 Å². The van der Waals surface area contributed by atoms with E-state index in [1.165, 1.54) is 21.8 Å². The smallest absolute Gasteiger partial charge is 0.231 e. The summed E-state index contributed by atoms with van der Waals surface area (Å²) in [7, 11) is 0. The first-order valence-corrected chi connectivity index (χ1v) is 18.8. The highest BCUT2D eigenvalue weighted by Gasteiger charge is 2.21. The lowest BCUT2D eigenvalue weighted by Crippen LogP contribution is -1.96. The van der Waals surface area contributed by atoms with Crippen LogP contribution in [-0.4, -0.2) is 19.5 Å². The third-order valence-electron chi connectivity index (χ3n) is 10.6. The molecule has 11 rings (SSSR count). The van der Waals surface area contributed by atoms with E-state index in [0.717, 1.165) is 72.5 Å². The minimum atomic E-state index is 0.543. The number of furan rings is 1. The van der Waals surface area contributed by atoms with E-state index in [0.29, 0.717) is 11.5 Å². The summed E-state index contributed by atoms with van der Waals surface area (Å²) in [5, 5.41) is 4.24. The summed E-state index contributed by atoms with van der Waals surface area (Å²) in [6.45, 7) is 0. The van der Waals surface area contributed by atoms with Gasteiger partial charge in [-0.15, -0.1) is 0 Å². The predicted molar refractivity (Wildman–Crippen MR) is 229 cm³/mol. The lowest BCUT2D eigenvalue weighted by molar-refractivity contribution is 0.653. The average molecular weight is 717 g/mol. The summed E-state index contributed by atoms with van der Waals surface area (Å²) < 4.78 is 8.95. The summed E-state index contributed by atoms with van der Waals surface area (Å²) in [6.07, 6.45) is 0. The van der Waals surface area contributed by atoms with Gasteiger partial charge in [-0.2, -0.15) is 4.98 Å². The first-order chi connectivity index (χ1) is 27.7. The van der Waals surface area contributed by atoms with Crippen molar-refractivity contribution in [3.8, 4) is 62.0 Å². The van der Waals surface area contributed by atoms with Gasteiger partial charge < -0.3 is 8.98 Å². The number of rotatable bonds is 6. The van der Waals surface area contributed by atoms with Crippen molar-refractivity contribution in [3.63, 3.8) is 0 Å². The topological polar surface area (TPSA) is 56.7 Å². The van der Waals surface area contributed by atoms with Crippen LogP contribution >= 0.6 is 0 Å². The Kier molecular flexibility index (Phi) is 7.42. The summed E-state index contributed by atoms with van der Waals surface area (Å²) in [5.41, 5.74) is 13.4. The van der Waals surface area contributed by atoms with E-state index in [-0.39, 0.29) is 0 Å². The number of benzene rings is 7. The zero-order valence-electron chi connectivity index (χ0n) is 30.2. The molecular weight excluding hydrogens is 685 g/mol. The Labute approximate surface area is 322 Å². The second-order valence-corrected chi connectivity index (χ2v) is 14.0. The van der Waals surface area contributed by atoms with Gasteiger partial charge in [0.1, 0.15) is 5.58 Å². The maximum atomic E-state index is 6.61. The Hall–Kier alpha value is -7.63. The molecule has 0 radical (unpaired) electrons. The molecule has 0 saturated carbocycles. The van der Waals surface area contributed by atoms with Gasteiger partial charge in [0.15, 0.2) is 5.82 Å². The van der Waals surface area contributed by atoms with Crippen molar-refractivity contribution in [2.24, 2.45) is 0 Å². The third-order valence-corrected chi connectivity index (χ3v) is 10.6.